The smallest absolute Gasteiger partial charge is 0.258 e. The summed E-state index contributed by atoms with van der Waals surface area (Å²) in [6.07, 6.45) is 1.58. The summed E-state index contributed by atoms with van der Waals surface area (Å²) < 4.78 is 5.44. The fourth-order valence-electron chi connectivity index (χ4n) is 2.52. The molecule has 1 aliphatic rings. The Morgan fingerprint density at radius 2 is 1.83 bits per heavy atom. The van der Waals surface area contributed by atoms with E-state index in [4.69, 9.17) is 4.42 Å². The molecule has 1 aromatic heterocycles. The average Bonchev–Trinajstić information content (AvgIpc) is 2.83. The lowest BCUT2D eigenvalue weighted by Gasteiger charge is -2.16. The number of benzene rings is 2. The highest BCUT2D eigenvalue weighted by molar-refractivity contribution is 6.28. The van der Waals surface area contributed by atoms with Crippen molar-refractivity contribution in [1.82, 2.24) is 5.32 Å². The second kappa shape index (κ2) is 2.98. The highest BCUT2D eigenvalue weighted by Crippen LogP contribution is 2.33. The Hall–Kier alpha value is -2.62. The molecular weight excluding hydrogens is 230 g/mol. The standard InChI is InChI=1S/C14H7NO3/c16-13-9-3-1-2-8-11(9)10(14(17)15-13)6-7-4-5-18-12(7)8/h1-6H,(H,15,16,17). The number of carbonyl (C=O) groups is 2. The summed E-state index contributed by atoms with van der Waals surface area (Å²) in [6.45, 7) is 0. The van der Waals surface area contributed by atoms with Crippen LogP contribution in [0.1, 0.15) is 20.7 Å². The van der Waals surface area contributed by atoms with Crippen LogP contribution in [0.3, 0.4) is 0 Å². The second-order valence-corrected chi connectivity index (χ2v) is 4.27. The molecule has 0 unspecified atom stereocenters. The van der Waals surface area contributed by atoms with E-state index in [0.29, 0.717) is 22.1 Å². The Bertz CT molecular complexity index is 845. The van der Waals surface area contributed by atoms with Crippen LogP contribution in [0.4, 0.5) is 0 Å². The topological polar surface area (TPSA) is 59.3 Å². The molecule has 2 amide bonds. The third kappa shape index (κ3) is 0.996. The van der Waals surface area contributed by atoms with Gasteiger partial charge >= 0.3 is 0 Å². The summed E-state index contributed by atoms with van der Waals surface area (Å²) in [5.41, 5.74) is 1.74. The molecule has 4 nitrogen and oxygen atoms in total. The first-order valence-corrected chi connectivity index (χ1v) is 5.54. The van der Waals surface area contributed by atoms with Gasteiger partial charge in [0.2, 0.25) is 0 Å². The number of imide groups is 1. The Labute approximate surface area is 101 Å². The van der Waals surface area contributed by atoms with Crippen LogP contribution in [0.2, 0.25) is 0 Å². The molecule has 0 spiro atoms. The first-order chi connectivity index (χ1) is 8.75. The van der Waals surface area contributed by atoms with Gasteiger partial charge in [-0.15, -0.1) is 0 Å². The van der Waals surface area contributed by atoms with Crippen molar-refractivity contribution in [2.45, 2.75) is 0 Å². The zero-order valence-corrected chi connectivity index (χ0v) is 9.19. The maximum atomic E-state index is 11.9. The van der Waals surface area contributed by atoms with Crippen LogP contribution in [-0.4, -0.2) is 11.8 Å². The number of carbonyl (C=O) groups excluding carboxylic acids is 2. The fraction of sp³-hybridized carbons (Fsp3) is 0. The number of hydrogen-bond acceptors (Lipinski definition) is 3. The minimum Gasteiger partial charge on any atom is -0.464 e. The zero-order valence-electron chi connectivity index (χ0n) is 9.19. The number of fused-ring (bicyclic) bond motifs is 2. The van der Waals surface area contributed by atoms with E-state index < -0.39 is 0 Å². The lowest BCUT2D eigenvalue weighted by molar-refractivity contribution is 0.0845. The predicted molar refractivity (Wildman–Crippen MR) is 65.5 cm³/mol. The minimum atomic E-state index is -0.357. The van der Waals surface area contributed by atoms with Gasteiger partial charge in [-0.2, -0.15) is 0 Å². The Morgan fingerprint density at radius 1 is 1.00 bits per heavy atom. The van der Waals surface area contributed by atoms with Crippen molar-refractivity contribution in [2.75, 3.05) is 0 Å². The van der Waals surface area contributed by atoms with Crippen molar-refractivity contribution in [3.05, 3.63) is 47.7 Å². The van der Waals surface area contributed by atoms with E-state index in [1.807, 2.05) is 12.1 Å². The van der Waals surface area contributed by atoms with Gasteiger partial charge in [-0.25, -0.2) is 0 Å². The molecule has 2 heterocycles. The Balaban J connectivity index is 2.35. The van der Waals surface area contributed by atoms with Crippen LogP contribution in [0.15, 0.2) is 41.0 Å². The molecule has 0 bridgehead atoms. The van der Waals surface area contributed by atoms with E-state index in [-0.39, 0.29) is 11.8 Å². The molecule has 4 rings (SSSR count). The van der Waals surface area contributed by atoms with E-state index in [0.717, 1.165) is 10.8 Å². The molecular formula is C14H7NO3. The molecule has 0 saturated heterocycles. The van der Waals surface area contributed by atoms with Crippen LogP contribution < -0.4 is 5.32 Å². The van der Waals surface area contributed by atoms with Gasteiger partial charge in [-0.3, -0.25) is 14.9 Å². The molecule has 3 aromatic rings. The highest BCUT2D eigenvalue weighted by Gasteiger charge is 2.26. The van der Waals surface area contributed by atoms with Gasteiger partial charge in [0.25, 0.3) is 11.8 Å². The Kier molecular flexibility index (Phi) is 1.56. The third-order valence-corrected chi connectivity index (χ3v) is 3.29. The van der Waals surface area contributed by atoms with Crippen LogP contribution >= 0.6 is 0 Å². The number of hydrogen-bond donors (Lipinski definition) is 1. The van der Waals surface area contributed by atoms with Crippen LogP contribution in [0.25, 0.3) is 21.7 Å². The van der Waals surface area contributed by atoms with Crippen LogP contribution in [0, 0.1) is 0 Å². The molecule has 2 aromatic carbocycles. The van der Waals surface area contributed by atoms with Crippen molar-refractivity contribution >= 4 is 33.6 Å². The molecule has 1 N–H and O–H groups in total. The zero-order chi connectivity index (χ0) is 12.3. The first-order valence-electron chi connectivity index (χ1n) is 5.54. The summed E-state index contributed by atoms with van der Waals surface area (Å²) in [6, 6.07) is 8.93. The predicted octanol–water partition coefficient (Wildman–Crippen LogP) is 2.47. The van der Waals surface area contributed by atoms with E-state index in [9.17, 15) is 9.59 Å². The van der Waals surface area contributed by atoms with Crippen LogP contribution in [0.5, 0.6) is 0 Å². The van der Waals surface area contributed by atoms with E-state index in [2.05, 4.69) is 5.32 Å². The molecule has 86 valence electrons. The Morgan fingerprint density at radius 3 is 2.72 bits per heavy atom. The summed E-state index contributed by atoms with van der Waals surface area (Å²) >= 11 is 0. The van der Waals surface area contributed by atoms with Crippen molar-refractivity contribution in [2.24, 2.45) is 0 Å². The van der Waals surface area contributed by atoms with Gasteiger partial charge in [0.1, 0.15) is 5.58 Å². The van der Waals surface area contributed by atoms with E-state index in [1.165, 1.54) is 0 Å². The third-order valence-electron chi connectivity index (χ3n) is 3.29. The van der Waals surface area contributed by atoms with Crippen molar-refractivity contribution < 1.29 is 14.0 Å². The summed E-state index contributed by atoms with van der Waals surface area (Å²) in [4.78, 5) is 23.7. The van der Waals surface area contributed by atoms with Gasteiger partial charge in [0.05, 0.1) is 6.26 Å². The van der Waals surface area contributed by atoms with E-state index >= 15 is 0 Å². The average molecular weight is 237 g/mol. The fourth-order valence-corrected chi connectivity index (χ4v) is 2.52. The molecule has 0 fully saturated rings. The number of furan rings is 1. The van der Waals surface area contributed by atoms with Gasteiger partial charge < -0.3 is 4.42 Å². The van der Waals surface area contributed by atoms with Crippen molar-refractivity contribution in [1.29, 1.82) is 0 Å². The largest absolute Gasteiger partial charge is 0.464 e. The molecule has 4 heteroatoms. The first kappa shape index (κ1) is 9.41. The monoisotopic (exact) mass is 237 g/mol. The van der Waals surface area contributed by atoms with Crippen molar-refractivity contribution in [3.63, 3.8) is 0 Å². The maximum absolute atomic E-state index is 11.9. The van der Waals surface area contributed by atoms with Gasteiger partial charge in [0, 0.05) is 27.3 Å². The maximum Gasteiger partial charge on any atom is 0.258 e. The molecule has 0 atom stereocenters. The number of rotatable bonds is 0. The van der Waals surface area contributed by atoms with Gasteiger partial charge in [-0.1, -0.05) is 12.1 Å². The summed E-state index contributed by atoms with van der Waals surface area (Å²) in [5, 5.41) is 4.68. The molecule has 0 aliphatic carbocycles. The second-order valence-electron chi connectivity index (χ2n) is 4.27. The SMILES string of the molecule is O=C1NC(=O)c2cc3ccoc3c3cccc1c23. The normalized spacial score (nSPS) is 14.2. The molecule has 1 aliphatic heterocycles. The minimum absolute atomic E-state index is 0.355. The number of nitrogens with one attached hydrogen (secondary N) is 1. The lowest BCUT2D eigenvalue weighted by Crippen LogP contribution is -2.34. The quantitative estimate of drug-likeness (QED) is 0.611. The molecule has 0 saturated carbocycles. The molecule has 0 radical (unpaired) electrons. The highest BCUT2D eigenvalue weighted by atomic mass is 16.3. The van der Waals surface area contributed by atoms with Crippen LogP contribution in [-0.2, 0) is 0 Å². The van der Waals surface area contributed by atoms with Gasteiger partial charge in [-0.05, 0) is 18.2 Å². The summed E-state index contributed by atoms with van der Waals surface area (Å²) in [5.74, 6) is -0.712. The van der Waals surface area contributed by atoms with E-state index in [1.54, 1.807) is 24.5 Å². The number of amides is 2. The van der Waals surface area contributed by atoms with Crippen molar-refractivity contribution in [3.8, 4) is 0 Å². The lowest BCUT2D eigenvalue weighted by atomic mass is 9.94. The van der Waals surface area contributed by atoms with Gasteiger partial charge in [0.15, 0.2) is 0 Å². The molecule has 18 heavy (non-hydrogen) atoms. The summed E-state index contributed by atoms with van der Waals surface area (Å²) in [7, 11) is 0.